The normalized spacial score (nSPS) is 10.3. The molecule has 2 aromatic rings. The van der Waals surface area contributed by atoms with Crippen molar-refractivity contribution in [1.29, 1.82) is 0 Å². The summed E-state index contributed by atoms with van der Waals surface area (Å²) in [4.78, 5) is 3.63. The first kappa shape index (κ1) is 9.64. The van der Waals surface area contributed by atoms with E-state index in [2.05, 4.69) is 4.98 Å². The Morgan fingerprint density at radius 2 is 2.13 bits per heavy atom. The number of benzene rings is 1. The summed E-state index contributed by atoms with van der Waals surface area (Å²) in [5.41, 5.74) is -0.0602. The van der Waals surface area contributed by atoms with Crippen LogP contribution >= 0.6 is 0 Å². The molecule has 1 aromatic carbocycles. The van der Waals surface area contributed by atoms with Gasteiger partial charge in [-0.2, -0.15) is 0 Å². The van der Waals surface area contributed by atoms with E-state index in [-0.39, 0.29) is 17.1 Å². The average Bonchev–Trinajstić information content (AvgIpc) is 2.75. The van der Waals surface area contributed by atoms with Crippen molar-refractivity contribution in [2.24, 2.45) is 0 Å². The number of hydrogen-bond donors (Lipinski definition) is 0. The van der Waals surface area contributed by atoms with Crippen LogP contribution in [0.1, 0.15) is 0 Å². The SMILES string of the molecule is COc1ccc(F)c(F)c1-c1cnco1. The standard InChI is InChI=1S/C10H7F2NO2/c1-14-7-3-2-6(11)10(12)9(7)8-4-13-5-15-8/h2-5H,1H3. The second kappa shape index (κ2) is 3.68. The van der Waals surface area contributed by atoms with Gasteiger partial charge in [0.15, 0.2) is 23.8 Å². The van der Waals surface area contributed by atoms with Crippen LogP contribution in [0.5, 0.6) is 5.75 Å². The molecule has 5 heteroatoms. The molecule has 0 bridgehead atoms. The third-order valence-electron chi connectivity index (χ3n) is 1.96. The highest BCUT2D eigenvalue weighted by molar-refractivity contribution is 5.65. The minimum absolute atomic E-state index is 0.0602. The first-order chi connectivity index (χ1) is 7.24. The third-order valence-corrected chi connectivity index (χ3v) is 1.96. The molecule has 1 aromatic heterocycles. The summed E-state index contributed by atoms with van der Waals surface area (Å²) in [6, 6.07) is 2.32. The minimum Gasteiger partial charge on any atom is -0.496 e. The summed E-state index contributed by atoms with van der Waals surface area (Å²) in [7, 11) is 1.37. The van der Waals surface area contributed by atoms with Crippen LogP contribution < -0.4 is 4.74 Å². The third kappa shape index (κ3) is 1.56. The van der Waals surface area contributed by atoms with Crippen LogP contribution in [0.4, 0.5) is 8.78 Å². The molecule has 0 saturated heterocycles. The van der Waals surface area contributed by atoms with E-state index in [9.17, 15) is 8.78 Å². The molecule has 0 aliphatic carbocycles. The lowest BCUT2D eigenvalue weighted by molar-refractivity contribution is 0.406. The van der Waals surface area contributed by atoms with Crippen LogP contribution in [-0.2, 0) is 0 Å². The van der Waals surface area contributed by atoms with Gasteiger partial charge in [-0.1, -0.05) is 0 Å². The van der Waals surface area contributed by atoms with Gasteiger partial charge in [0.2, 0.25) is 0 Å². The molecule has 0 fully saturated rings. The highest BCUT2D eigenvalue weighted by atomic mass is 19.2. The molecule has 78 valence electrons. The van der Waals surface area contributed by atoms with Gasteiger partial charge in [-0.05, 0) is 12.1 Å². The zero-order valence-electron chi connectivity index (χ0n) is 7.83. The summed E-state index contributed by atoms with van der Waals surface area (Å²) < 4.78 is 36.3. The molecule has 0 unspecified atom stereocenters. The molecule has 0 atom stereocenters. The summed E-state index contributed by atoms with van der Waals surface area (Å²) >= 11 is 0. The maximum atomic E-state index is 13.5. The van der Waals surface area contributed by atoms with E-state index >= 15 is 0 Å². The van der Waals surface area contributed by atoms with E-state index in [0.29, 0.717) is 0 Å². The van der Waals surface area contributed by atoms with Gasteiger partial charge in [0, 0.05) is 0 Å². The fourth-order valence-electron chi connectivity index (χ4n) is 1.27. The van der Waals surface area contributed by atoms with E-state index in [1.165, 1.54) is 19.4 Å². The van der Waals surface area contributed by atoms with Gasteiger partial charge in [0.25, 0.3) is 0 Å². The van der Waals surface area contributed by atoms with Crippen molar-refractivity contribution in [3.63, 3.8) is 0 Å². The Hall–Kier alpha value is -1.91. The Morgan fingerprint density at radius 3 is 2.73 bits per heavy atom. The van der Waals surface area contributed by atoms with Gasteiger partial charge in [-0.25, -0.2) is 13.8 Å². The molecular weight excluding hydrogens is 204 g/mol. The van der Waals surface area contributed by atoms with Crippen molar-refractivity contribution < 1.29 is 17.9 Å². The number of ether oxygens (including phenoxy) is 1. The Bertz CT molecular complexity index is 469. The molecule has 0 radical (unpaired) electrons. The smallest absolute Gasteiger partial charge is 0.181 e. The predicted molar refractivity (Wildman–Crippen MR) is 48.4 cm³/mol. The topological polar surface area (TPSA) is 35.3 Å². The van der Waals surface area contributed by atoms with Crippen molar-refractivity contribution in [1.82, 2.24) is 4.98 Å². The molecule has 2 rings (SSSR count). The number of aromatic nitrogens is 1. The fourth-order valence-corrected chi connectivity index (χ4v) is 1.27. The lowest BCUT2D eigenvalue weighted by atomic mass is 10.1. The summed E-state index contributed by atoms with van der Waals surface area (Å²) in [5, 5.41) is 0. The maximum Gasteiger partial charge on any atom is 0.181 e. The monoisotopic (exact) mass is 211 g/mol. The molecule has 1 heterocycles. The van der Waals surface area contributed by atoms with Gasteiger partial charge < -0.3 is 9.15 Å². The largest absolute Gasteiger partial charge is 0.496 e. The van der Waals surface area contributed by atoms with Crippen LogP contribution in [0, 0.1) is 11.6 Å². The summed E-state index contributed by atoms with van der Waals surface area (Å²) in [5.74, 6) is -1.64. The quantitative estimate of drug-likeness (QED) is 0.765. The van der Waals surface area contributed by atoms with Gasteiger partial charge in [0.1, 0.15) is 5.75 Å². The first-order valence-electron chi connectivity index (χ1n) is 4.15. The van der Waals surface area contributed by atoms with E-state index in [4.69, 9.17) is 9.15 Å². The molecule has 0 aliphatic rings. The summed E-state index contributed by atoms with van der Waals surface area (Å²) in [6.07, 6.45) is 2.43. The lowest BCUT2D eigenvalue weighted by Crippen LogP contribution is -1.94. The molecule has 0 saturated carbocycles. The molecule has 3 nitrogen and oxygen atoms in total. The molecule has 0 aliphatic heterocycles. The maximum absolute atomic E-state index is 13.5. The Labute approximate surface area is 84.3 Å². The summed E-state index contributed by atoms with van der Waals surface area (Å²) in [6.45, 7) is 0. The van der Waals surface area contributed by atoms with Crippen molar-refractivity contribution in [3.8, 4) is 17.1 Å². The van der Waals surface area contributed by atoms with Crippen molar-refractivity contribution in [3.05, 3.63) is 36.4 Å². The number of hydrogen-bond acceptors (Lipinski definition) is 3. The molecule has 0 spiro atoms. The van der Waals surface area contributed by atoms with Crippen LogP contribution in [-0.4, -0.2) is 12.1 Å². The highest BCUT2D eigenvalue weighted by Crippen LogP contribution is 2.33. The van der Waals surface area contributed by atoms with Crippen molar-refractivity contribution in [2.45, 2.75) is 0 Å². The zero-order chi connectivity index (χ0) is 10.8. The number of oxazole rings is 1. The van der Waals surface area contributed by atoms with E-state index in [1.54, 1.807) is 0 Å². The van der Waals surface area contributed by atoms with Gasteiger partial charge in [-0.15, -0.1) is 0 Å². The number of methoxy groups -OCH3 is 1. The van der Waals surface area contributed by atoms with Gasteiger partial charge >= 0.3 is 0 Å². The molecule has 15 heavy (non-hydrogen) atoms. The second-order valence-corrected chi connectivity index (χ2v) is 2.80. The van der Waals surface area contributed by atoms with E-state index < -0.39 is 11.6 Å². The van der Waals surface area contributed by atoms with Crippen LogP contribution in [0.3, 0.4) is 0 Å². The fraction of sp³-hybridized carbons (Fsp3) is 0.100. The predicted octanol–water partition coefficient (Wildman–Crippen LogP) is 2.63. The molecule has 0 amide bonds. The molecular formula is C10H7F2NO2. The highest BCUT2D eigenvalue weighted by Gasteiger charge is 2.18. The first-order valence-corrected chi connectivity index (χ1v) is 4.15. The molecule has 0 N–H and O–H groups in total. The van der Waals surface area contributed by atoms with Gasteiger partial charge in [-0.3, -0.25) is 0 Å². The number of rotatable bonds is 2. The number of nitrogens with zero attached hydrogens (tertiary/aromatic N) is 1. The second-order valence-electron chi connectivity index (χ2n) is 2.80. The Morgan fingerprint density at radius 1 is 1.33 bits per heavy atom. The Kier molecular flexibility index (Phi) is 2.37. The lowest BCUT2D eigenvalue weighted by Gasteiger charge is -2.06. The average molecular weight is 211 g/mol. The van der Waals surface area contributed by atoms with Crippen LogP contribution in [0.15, 0.2) is 29.1 Å². The van der Waals surface area contributed by atoms with E-state index in [0.717, 1.165) is 12.5 Å². The van der Waals surface area contributed by atoms with Crippen molar-refractivity contribution in [2.75, 3.05) is 7.11 Å². The number of halogens is 2. The van der Waals surface area contributed by atoms with Crippen LogP contribution in [0.2, 0.25) is 0 Å². The van der Waals surface area contributed by atoms with Gasteiger partial charge in [0.05, 0.1) is 18.9 Å². The zero-order valence-corrected chi connectivity index (χ0v) is 7.83. The van der Waals surface area contributed by atoms with E-state index in [1.807, 2.05) is 0 Å². The Balaban J connectivity index is 2.67. The van der Waals surface area contributed by atoms with Crippen molar-refractivity contribution >= 4 is 0 Å². The van der Waals surface area contributed by atoms with Crippen LogP contribution in [0.25, 0.3) is 11.3 Å². The minimum atomic E-state index is -1.01.